The van der Waals surface area contributed by atoms with Crippen LogP contribution in [-0.2, 0) is 0 Å². The number of para-hydroxylation sites is 1. The number of rotatable bonds is 2. The van der Waals surface area contributed by atoms with Gasteiger partial charge >= 0.3 is 0 Å². The first-order chi connectivity index (χ1) is 11.1. The number of nitrogens with zero attached hydrogens (tertiary/aromatic N) is 3. The molecule has 2 aromatic heterocycles. The third kappa shape index (κ3) is 2.23. The predicted molar refractivity (Wildman–Crippen MR) is 96.1 cm³/mol. The van der Waals surface area contributed by atoms with Crippen molar-refractivity contribution in [1.82, 2.24) is 9.38 Å². The largest absolute Gasteiger partial charge is 0.383 e. The summed E-state index contributed by atoms with van der Waals surface area (Å²) in [5.74, 6) is 0.567. The van der Waals surface area contributed by atoms with Crippen LogP contribution in [0.25, 0.3) is 27.6 Å². The molecular formula is C19H18N4. The summed E-state index contributed by atoms with van der Waals surface area (Å²) in [4.78, 5) is 9.15. The topological polar surface area (TPSA) is 55.7 Å². The van der Waals surface area contributed by atoms with Crippen molar-refractivity contribution in [2.75, 3.05) is 0 Å². The number of pyridine rings is 1. The standard InChI is InChI=1S/C19H18N4/c1-12(2)21-19(20)14-7-9-15-17(11-14)23-16-6-4-3-5-13(16)8-10-18(23)22-15/h3-12H,1-2H3,(H2,20,21). The molecule has 114 valence electrons. The van der Waals surface area contributed by atoms with Crippen LogP contribution in [0.5, 0.6) is 0 Å². The first-order valence-electron chi connectivity index (χ1n) is 7.77. The highest BCUT2D eigenvalue weighted by atomic mass is 15.0. The molecule has 2 aromatic carbocycles. The lowest BCUT2D eigenvalue weighted by Crippen LogP contribution is -2.15. The first kappa shape index (κ1) is 13.8. The summed E-state index contributed by atoms with van der Waals surface area (Å²) in [7, 11) is 0. The van der Waals surface area contributed by atoms with E-state index in [1.165, 1.54) is 5.39 Å². The molecule has 4 nitrogen and oxygen atoms in total. The minimum Gasteiger partial charge on any atom is -0.383 e. The van der Waals surface area contributed by atoms with Gasteiger partial charge in [0.1, 0.15) is 11.5 Å². The Kier molecular flexibility index (Phi) is 3.05. The van der Waals surface area contributed by atoms with Crippen molar-refractivity contribution in [1.29, 1.82) is 0 Å². The van der Waals surface area contributed by atoms with Crippen LogP contribution < -0.4 is 5.73 Å². The van der Waals surface area contributed by atoms with Crippen molar-refractivity contribution >= 4 is 33.4 Å². The maximum atomic E-state index is 6.13. The number of imidazole rings is 1. The third-order valence-electron chi connectivity index (χ3n) is 3.96. The zero-order chi connectivity index (χ0) is 16.0. The zero-order valence-electron chi connectivity index (χ0n) is 13.2. The second-order valence-corrected chi connectivity index (χ2v) is 6.01. The summed E-state index contributed by atoms with van der Waals surface area (Å²) >= 11 is 0. The van der Waals surface area contributed by atoms with Gasteiger partial charge in [0.15, 0.2) is 0 Å². The van der Waals surface area contributed by atoms with Crippen LogP contribution in [0.1, 0.15) is 19.4 Å². The summed E-state index contributed by atoms with van der Waals surface area (Å²) in [6.07, 6.45) is 0. The van der Waals surface area contributed by atoms with Crippen molar-refractivity contribution in [3.63, 3.8) is 0 Å². The molecule has 0 unspecified atom stereocenters. The minimum absolute atomic E-state index is 0.175. The summed E-state index contributed by atoms with van der Waals surface area (Å²) in [5.41, 5.74) is 11.2. The van der Waals surface area contributed by atoms with Crippen LogP contribution in [-0.4, -0.2) is 21.3 Å². The first-order valence-corrected chi connectivity index (χ1v) is 7.77. The van der Waals surface area contributed by atoms with E-state index >= 15 is 0 Å². The Labute approximate surface area is 134 Å². The van der Waals surface area contributed by atoms with Crippen molar-refractivity contribution in [2.45, 2.75) is 19.9 Å². The summed E-state index contributed by atoms with van der Waals surface area (Å²) in [6.45, 7) is 4.04. The number of hydrogen-bond acceptors (Lipinski definition) is 2. The maximum absolute atomic E-state index is 6.13. The van der Waals surface area contributed by atoms with E-state index in [0.29, 0.717) is 5.84 Å². The molecule has 0 radical (unpaired) electrons. The van der Waals surface area contributed by atoms with E-state index in [0.717, 1.165) is 27.8 Å². The molecule has 2 heterocycles. The second-order valence-electron chi connectivity index (χ2n) is 6.01. The average molecular weight is 302 g/mol. The van der Waals surface area contributed by atoms with Crippen molar-refractivity contribution in [2.24, 2.45) is 10.7 Å². The van der Waals surface area contributed by atoms with Gasteiger partial charge in [-0.25, -0.2) is 4.98 Å². The third-order valence-corrected chi connectivity index (χ3v) is 3.96. The molecule has 0 aliphatic heterocycles. The van der Waals surface area contributed by atoms with Gasteiger partial charge in [-0.05, 0) is 55.6 Å². The monoisotopic (exact) mass is 302 g/mol. The van der Waals surface area contributed by atoms with Crippen molar-refractivity contribution in [3.05, 3.63) is 60.2 Å². The van der Waals surface area contributed by atoms with Crippen molar-refractivity contribution in [3.8, 4) is 0 Å². The van der Waals surface area contributed by atoms with Gasteiger partial charge in [0.25, 0.3) is 0 Å². The molecule has 23 heavy (non-hydrogen) atoms. The second kappa shape index (κ2) is 5.09. The van der Waals surface area contributed by atoms with Crippen molar-refractivity contribution < 1.29 is 0 Å². The number of nitrogens with two attached hydrogens (primary N) is 1. The van der Waals surface area contributed by atoms with Gasteiger partial charge in [-0.15, -0.1) is 0 Å². The minimum atomic E-state index is 0.175. The van der Waals surface area contributed by atoms with Gasteiger partial charge in [0.2, 0.25) is 0 Å². The van der Waals surface area contributed by atoms with E-state index in [1.807, 2.05) is 44.2 Å². The highest BCUT2D eigenvalue weighted by Crippen LogP contribution is 2.24. The molecule has 0 bridgehead atoms. The van der Waals surface area contributed by atoms with Crippen LogP contribution in [0, 0.1) is 0 Å². The van der Waals surface area contributed by atoms with E-state index < -0.39 is 0 Å². The van der Waals surface area contributed by atoms with E-state index in [2.05, 4.69) is 33.7 Å². The number of benzene rings is 2. The lowest BCUT2D eigenvalue weighted by molar-refractivity contribution is 0.834. The van der Waals surface area contributed by atoms with Gasteiger partial charge < -0.3 is 5.73 Å². The number of aromatic nitrogens is 2. The van der Waals surface area contributed by atoms with Crippen LogP contribution in [0.3, 0.4) is 0 Å². The zero-order valence-corrected chi connectivity index (χ0v) is 13.2. The average Bonchev–Trinajstić information content (AvgIpc) is 2.92. The van der Waals surface area contributed by atoms with Gasteiger partial charge in [-0.2, -0.15) is 0 Å². The summed E-state index contributed by atoms with van der Waals surface area (Å²) < 4.78 is 2.18. The molecule has 0 atom stereocenters. The van der Waals surface area contributed by atoms with Gasteiger partial charge in [0.05, 0.1) is 16.6 Å². The fraction of sp³-hybridized carbons (Fsp3) is 0.158. The highest BCUT2D eigenvalue weighted by Gasteiger charge is 2.09. The molecule has 2 N–H and O–H groups in total. The summed E-state index contributed by atoms with van der Waals surface area (Å²) in [6, 6.07) is 18.7. The van der Waals surface area contributed by atoms with Crippen LogP contribution in [0.15, 0.2) is 59.6 Å². The lowest BCUT2D eigenvalue weighted by atomic mass is 10.1. The van der Waals surface area contributed by atoms with E-state index in [-0.39, 0.29) is 6.04 Å². The molecule has 4 heteroatoms. The number of aliphatic imine (C=N–C) groups is 1. The number of amidine groups is 1. The predicted octanol–water partition coefficient (Wildman–Crippen LogP) is 3.75. The van der Waals surface area contributed by atoms with E-state index in [4.69, 9.17) is 10.7 Å². The smallest absolute Gasteiger partial charge is 0.138 e. The Morgan fingerprint density at radius 2 is 1.87 bits per heavy atom. The van der Waals surface area contributed by atoms with E-state index in [9.17, 15) is 0 Å². The lowest BCUT2D eigenvalue weighted by Gasteiger charge is -2.05. The van der Waals surface area contributed by atoms with Crippen LogP contribution >= 0.6 is 0 Å². The molecule has 0 aliphatic carbocycles. The van der Waals surface area contributed by atoms with E-state index in [1.54, 1.807) is 0 Å². The molecular weight excluding hydrogens is 284 g/mol. The normalized spacial score (nSPS) is 12.7. The fourth-order valence-electron chi connectivity index (χ4n) is 2.97. The van der Waals surface area contributed by atoms with Gasteiger partial charge in [-0.3, -0.25) is 9.39 Å². The Hall–Kier alpha value is -2.88. The Bertz CT molecular complexity index is 1060. The Morgan fingerprint density at radius 1 is 1.04 bits per heavy atom. The molecule has 4 aromatic rings. The SMILES string of the molecule is CC(C)N=C(N)c1ccc2nc3ccc4ccccc4n3c2c1. The number of hydrogen-bond donors (Lipinski definition) is 1. The molecule has 0 spiro atoms. The van der Waals surface area contributed by atoms with Gasteiger partial charge in [0, 0.05) is 11.6 Å². The fourth-order valence-corrected chi connectivity index (χ4v) is 2.97. The molecule has 0 saturated heterocycles. The highest BCUT2D eigenvalue weighted by molar-refractivity contribution is 6.01. The molecule has 0 saturated carbocycles. The Balaban J connectivity index is 2.06. The Morgan fingerprint density at radius 3 is 2.70 bits per heavy atom. The maximum Gasteiger partial charge on any atom is 0.138 e. The molecule has 4 rings (SSSR count). The van der Waals surface area contributed by atoms with Gasteiger partial charge in [-0.1, -0.05) is 18.2 Å². The van der Waals surface area contributed by atoms with Crippen LogP contribution in [0.2, 0.25) is 0 Å². The van der Waals surface area contributed by atoms with Crippen LogP contribution in [0.4, 0.5) is 0 Å². The molecule has 0 amide bonds. The molecule has 0 aliphatic rings. The number of fused-ring (bicyclic) bond motifs is 5. The summed E-state index contributed by atoms with van der Waals surface area (Å²) in [5, 5.41) is 1.19. The molecule has 0 fully saturated rings. The quantitative estimate of drug-likeness (QED) is 0.453.